The minimum Gasteiger partial charge on any atom is -0.454 e. The Morgan fingerprint density at radius 3 is 2.61 bits per heavy atom. The van der Waals surface area contributed by atoms with E-state index in [1.165, 1.54) is 16.8 Å². The molecule has 2 heterocycles. The maximum absolute atomic E-state index is 13.9. The number of hydrogen-bond donors (Lipinski definition) is 2. The van der Waals surface area contributed by atoms with Crippen LogP contribution in [0.1, 0.15) is 29.2 Å². The van der Waals surface area contributed by atoms with Crippen molar-refractivity contribution in [3.05, 3.63) is 71.8 Å². The summed E-state index contributed by atoms with van der Waals surface area (Å²) >= 11 is 0. The quantitative estimate of drug-likeness (QED) is 0.398. The number of anilines is 1. The van der Waals surface area contributed by atoms with Gasteiger partial charge < -0.3 is 21.1 Å². The number of rotatable bonds is 6. The van der Waals surface area contributed by atoms with Gasteiger partial charge in [-0.2, -0.15) is 10.4 Å². The predicted octanol–water partition coefficient (Wildman–Crippen LogP) is 3.54. The highest BCUT2D eigenvalue weighted by Crippen LogP contribution is 2.33. The lowest BCUT2D eigenvalue weighted by atomic mass is 10.1. The van der Waals surface area contributed by atoms with Crippen molar-refractivity contribution in [3.8, 4) is 28.8 Å². The number of carbonyl (C=O) groups is 2. The van der Waals surface area contributed by atoms with Gasteiger partial charge in [-0.15, -0.1) is 0 Å². The van der Waals surface area contributed by atoms with Crippen molar-refractivity contribution >= 4 is 17.6 Å². The highest BCUT2D eigenvalue weighted by Gasteiger charge is 2.29. The molecule has 0 radical (unpaired) electrons. The highest BCUT2D eigenvalue weighted by atomic mass is 19.1. The van der Waals surface area contributed by atoms with E-state index in [1.54, 1.807) is 35.2 Å². The Morgan fingerprint density at radius 1 is 1.19 bits per heavy atom. The Hall–Kier alpha value is -4.72. The normalized spacial score (nSPS) is 15.6. The molecule has 2 amide bonds. The molecule has 0 spiro atoms. The number of primary amides is 1. The number of allylic oxidation sites excluding steroid dienone is 1. The molecule has 184 valence electrons. The molecule has 3 aromatic rings. The number of nitrogens with zero attached hydrogens (tertiary/aromatic N) is 4. The van der Waals surface area contributed by atoms with E-state index < -0.39 is 17.5 Å². The molecule has 1 unspecified atom stereocenters. The third-order valence-corrected chi connectivity index (χ3v) is 5.80. The molecule has 1 aliphatic rings. The van der Waals surface area contributed by atoms with Crippen LogP contribution in [0.15, 0.2) is 54.6 Å². The average molecular weight is 492 g/mol. The standard InChI is InChI=1S/C25H22F2N6O3/c26-16-7-10-20(19(27)13-16)36-18-8-5-15(6-9-18)23-22(25(30)35)24(29)33(31-23)17-3-2-12-32(14-17)21(34)4-1-11-28/h1,4-10,13,17H,2-3,12,14,29H2,(H2,30,35). The maximum atomic E-state index is 13.9. The lowest BCUT2D eigenvalue weighted by Gasteiger charge is -2.32. The van der Waals surface area contributed by atoms with Crippen LogP contribution < -0.4 is 16.2 Å². The molecule has 1 atom stereocenters. The van der Waals surface area contributed by atoms with Gasteiger partial charge in [0.05, 0.1) is 12.1 Å². The van der Waals surface area contributed by atoms with E-state index >= 15 is 0 Å². The molecule has 0 saturated carbocycles. The molecule has 1 aliphatic heterocycles. The van der Waals surface area contributed by atoms with Crippen molar-refractivity contribution in [2.24, 2.45) is 5.73 Å². The minimum absolute atomic E-state index is 0.0427. The van der Waals surface area contributed by atoms with Crippen LogP contribution in [0.5, 0.6) is 11.5 Å². The van der Waals surface area contributed by atoms with Gasteiger partial charge in [-0.25, -0.2) is 13.5 Å². The van der Waals surface area contributed by atoms with Crippen LogP contribution in [0.25, 0.3) is 11.3 Å². The van der Waals surface area contributed by atoms with Gasteiger partial charge in [0.2, 0.25) is 5.91 Å². The van der Waals surface area contributed by atoms with Gasteiger partial charge in [0, 0.05) is 36.9 Å². The summed E-state index contributed by atoms with van der Waals surface area (Å²) in [6.45, 7) is 0.825. The summed E-state index contributed by atoms with van der Waals surface area (Å²) in [7, 11) is 0. The van der Waals surface area contributed by atoms with E-state index in [0.29, 0.717) is 31.5 Å². The van der Waals surface area contributed by atoms with Gasteiger partial charge in [-0.1, -0.05) is 0 Å². The molecule has 11 heteroatoms. The zero-order chi connectivity index (χ0) is 25.8. The molecular weight excluding hydrogens is 470 g/mol. The fourth-order valence-electron chi connectivity index (χ4n) is 4.11. The van der Waals surface area contributed by atoms with Crippen molar-refractivity contribution in [1.29, 1.82) is 5.26 Å². The summed E-state index contributed by atoms with van der Waals surface area (Å²) in [5, 5.41) is 13.2. The lowest BCUT2D eigenvalue weighted by molar-refractivity contribution is -0.127. The number of nitrogens with two attached hydrogens (primary N) is 2. The summed E-state index contributed by atoms with van der Waals surface area (Å²) in [6.07, 6.45) is 3.68. The van der Waals surface area contributed by atoms with Crippen molar-refractivity contribution in [3.63, 3.8) is 0 Å². The van der Waals surface area contributed by atoms with Gasteiger partial charge in [0.1, 0.15) is 28.6 Å². The first-order chi connectivity index (χ1) is 17.3. The molecule has 1 aromatic heterocycles. The topological polar surface area (TPSA) is 140 Å². The monoisotopic (exact) mass is 492 g/mol. The number of aromatic nitrogens is 2. The number of hydrogen-bond acceptors (Lipinski definition) is 6. The molecule has 1 fully saturated rings. The molecule has 0 aliphatic carbocycles. The lowest BCUT2D eigenvalue weighted by Crippen LogP contribution is -2.40. The number of ether oxygens (including phenoxy) is 1. The first kappa shape index (κ1) is 24.4. The number of nitriles is 1. The Kier molecular flexibility index (Phi) is 6.96. The summed E-state index contributed by atoms with van der Waals surface area (Å²) in [5.41, 5.74) is 12.7. The van der Waals surface area contributed by atoms with E-state index in [-0.39, 0.29) is 40.5 Å². The maximum Gasteiger partial charge on any atom is 0.254 e. The second-order valence-electron chi connectivity index (χ2n) is 8.16. The van der Waals surface area contributed by atoms with E-state index in [4.69, 9.17) is 21.5 Å². The number of amides is 2. The third kappa shape index (κ3) is 5.02. The largest absolute Gasteiger partial charge is 0.454 e. The van der Waals surface area contributed by atoms with Crippen molar-refractivity contribution < 1.29 is 23.1 Å². The van der Waals surface area contributed by atoms with Gasteiger partial charge >= 0.3 is 0 Å². The van der Waals surface area contributed by atoms with Gasteiger partial charge in [0.25, 0.3) is 5.91 Å². The van der Waals surface area contributed by atoms with E-state index in [9.17, 15) is 18.4 Å². The fraction of sp³-hybridized carbons (Fsp3) is 0.200. The van der Waals surface area contributed by atoms with Crippen LogP contribution in [0, 0.1) is 23.0 Å². The van der Waals surface area contributed by atoms with Crippen LogP contribution in [0.2, 0.25) is 0 Å². The number of piperidine rings is 1. The smallest absolute Gasteiger partial charge is 0.254 e. The van der Waals surface area contributed by atoms with E-state index in [0.717, 1.165) is 18.2 Å². The number of benzene rings is 2. The van der Waals surface area contributed by atoms with Gasteiger partial charge in [-0.3, -0.25) is 9.59 Å². The SMILES string of the molecule is N#CC=CC(=O)N1CCCC(n2nc(-c3ccc(Oc4ccc(F)cc4F)cc3)c(C(N)=O)c2N)C1. The predicted molar refractivity (Wildman–Crippen MR) is 127 cm³/mol. The second-order valence-corrected chi connectivity index (χ2v) is 8.16. The summed E-state index contributed by atoms with van der Waals surface area (Å²) in [4.78, 5) is 26.2. The summed E-state index contributed by atoms with van der Waals surface area (Å²) in [6, 6.07) is 10.8. The third-order valence-electron chi connectivity index (χ3n) is 5.80. The van der Waals surface area contributed by atoms with Crippen molar-refractivity contribution in [2.75, 3.05) is 18.8 Å². The van der Waals surface area contributed by atoms with Crippen LogP contribution in [0.4, 0.5) is 14.6 Å². The summed E-state index contributed by atoms with van der Waals surface area (Å²) < 4.78 is 34.0. The second kappa shape index (κ2) is 10.3. The van der Waals surface area contributed by atoms with Gasteiger partial charge in [0.15, 0.2) is 11.6 Å². The Balaban J connectivity index is 1.61. The zero-order valence-corrected chi connectivity index (χ0v) is 19.0. The fourth-order valence-corrected chi connectivity index (χ4v) is 4.11. The Labute approximate surface area is 205 Å². The molecule has 4 rings (SSSR count). The average Bonchev–Trinajstić information content (AvgIpc) is 3.22. The summed E-state index contributed by atoms with van der Waals surface area (Å²) in [5.74, 6) is -2.39. The van der Waals surface area contributed by atoms with Crippen LogP contribution >= 0.6 is 0 Å². The molecule has 4 N–H and O–H groups in total. The van der Waals surface area contributed by atoms with Crippen LogP contribution in [-0.4, -0.2) is 39.6 Å². The number of halogens is 2. The minimum atomic E-state index is -0.843. The molecule has 2 aromatic carbocycles. The van der Waals surface area contributed by atoms with E-state index in [2.05, 4.69) is 5.10 Å². The van der Waals surface area contributed by atoms with Gasteiger partial charge in [-0.05, 0) is 49.2 Å². The molecule has 0 bridgehead atoms. The molecule has 1 saturated heterocycles. The van der Waals surface area contributed by atoms with Crippen LogP contribution in [-0.2, 0) is 4.79 Å². The molecule has 9 nitrogen and oxygen atoms in total. The van der Waals surface area contributed by atoms with Crippen molar-refractivity contribution in [1.82, 2.24) is 14.7 Å². The van der Waals surface area contributed by atoms with Crippen LogP contribution in [0.3, 0.4) is 0 Å². The Morgan fingerprint density at radius 2 is 1.94 bits per heavy atom. The number of carbonyl (C=O) groups excluding carboxylic acids is 2. The number of nitrogen functional groups attached to an aromatic ring is 1. The highest BCUT2D eigenvalue weighted by molar-refractivity contribution is 6.03. The zero-order valence-electron chi connectivity index (χ0n) is 19.0. The first-order valence-corrected chi connectivity index (χ1v) is 11.0. The Bertz CT molecular complexity index is 1380. The molecular formula is C25H22F2N6O3. The number of likely N-dealkylation sites (tertiary alicyclic amines) is 1. The van der Waals surface area contributed by atoms with E-state index in [1.807, 2.05) is 0 Å². The molecule has 36 heavy (non-hydrogen) atoms. The first-order valence-electron chi connectivity index (χ1n) is 11.0. The van der Waals surface area contributed by atoms with Crippen molar-refractivity contribution in [2.45, 2.75) is 18.9 Å².